The predicted molar refractivity (Wildman–Crippen MR) is 31.1 cm³/mol. The molecular weight excluding hydrogens is 103 g/mol. The molecule has 0 aromatic rings. The summed E-state index contributed by atoms with van der Waals surface area (Å²) in [6.45, 7) is 2.08. The maximum Gasteiger partial charge on any atom is 0.0733 e. The smallest absolute Gasteiger partial charge is 0.0733 e. The lowest BCUT2D eigenvalue weighted by molar-refractivity contribution is -0.0793. The number of rotatable bonds is 1. The molecule has 2 radical (unpaired) electrons. The van der Waals surface area contributed by atoms with Crippen molar-refractivity contribution in [2.75, 3.05) is 19.8 Å². The molecule has 1 fully saturated rings. The molecule has 1 unspecified atom stereocenters. The predicted octanol–water partition coefficient (Wildman–Crippen LogP) is -0.0114. The third kappa shape index (κ3) is 1.49. The fourth-order valence-corrected chi connectivity index (χ4v) is 0.673. The van der Waals surface area contributed by atoms with Crippen molar-refractivity contribution < 1.29 is 9.47 Å². The molecule has 0 aromatic carbocycles. The van der Waals surface area contributed by atoms with Gasteiger partial charge in [-0.2, -0.15) is 0 Å². The van der Waals surface area contributed by atoms with Crippen LogP contribution in [-0.2, 0) is 9.47 Å². The van der Waals surface area contributed by atoms with Gasteiger partial charge in [0.25, 0.3) is 0 Å². The summed E-state index contributed by atoms with van der Waals surface area (Å²) in [6, 6.07) is 0. The maximum absolute atomic E-state index is 5.30. The normalized spacial score (nSPS) is 30.2. The molecule has 0 aliphatic carbocycles. The first-order valence-electron chi connectivity index (χ1n) is 2.83. The van der Waals surface area contributed by atoms with Crippen LogP contribution in [0.2, 0.25) is 6.32 Å². The first-order valence-corrected chi connectivity index (χ1v) is 2.83. The molecule has 0 aromatic heterocycles. The van der Waals surface area contributed by atoms with E-state index in [-0.39, 0.29) is 6.10 Å². The van der Waals surface area contributed by atoms with E-state index in [1.807, 2.05) is 0 Å². The molecule has 8 heavy (non-hydrogen) atoms. The first kappa shape index (κ1) is 6.11. The van der Waals surface area contributed by atoms with Crippen LogP contribution in [0.15, 0.2) is 0 Å². The molecule has 0 bridgehead atoms. The molecule has 1 saturated heterocycles. The first-order chi connectivity index (χ1) is 3.93. The third-order valence-corrected chi connectivity index (χ3v) is 1.15. The van der Waals surface area contributed by atoms with Gasteiger partial charge < -0.3 is 9.47 Å². The summed E-state index contributed by atoms with van der Waals surface area (Å²) in [5, 5.41) is 0. The van der Waals surface area contributed by atoms with Gasteiger partial charge in [-0.1, -0.05) is 6.32 Å². The highest BCUT2D eigenvalue weighted by Crippen LogP contribution is 2.02. The molecule has 1 aliphatic rings. The van der Waals surface area contributed by atoms with E-state index >= 15 is 0 Å². The van der Waals surface area contributed by atoms with Gasteiger partial charge in [0.1, 0.15) is 0 Å². The van der Waals surface area contributed by atoms with Crippen molar-refractivity contribution >= 4 is 7.85 Å². The lowest BCUT2D eigenvalue weighted by Crippen LogP contribution is -2.27. The second kappa shape index (κ2) is 3.10. The highest BCUT2D eigenvalue weighted by Gasteiger charge is 2.09. The van der Waals surface area contributed by atoms with Gasteiger partial charge in [0.2, 0.25) is 0 Å². The molecule has 44 valence electrons. The Hall–Kier alpha value is -0.0151. The standard InChI is InChI=1S/C5H9BO2/c6-3-5-4-7-1-2-8-5/h5H,1-4H2. The van der Waals surface area contributed by atoms with Crippen LogP contribution >= 0.6 is 0 Å². The fourth-order valence-electron chi connectivity index (χ4n) is 0.673. The molecule has 1 aliphatic heterocycles. The summed E-state index contributed by atoms with van der Waals surface area (Å²) < 4.78 is 10.2. The maximum atomic E-state index is 5.30. The zero-order valence-corrected chi connectivity index (χ0v) is 4.80. The monoisotopic (exact) mass is 112 g/mol. The topological polar surface area (TPSA) is 18.5 Å². The van der Waals surface area contributed by atoms with Crippen molar-refractivity contribution in [1.29, 1.82) is 0 Å². The fraction of sp³-hybridized carbons (Fsp3) is 1.00. The lowest BCUT2D eigenvalue weighted by atomic mass is 10.00. The van der Waals surface area contributed by atoms with E-state index in [4.69, 9.17) is 17.3 Å². The zero-order chi connectivity index (χ0) is 5.82. The van der Waals surface area contributed by atoms with E-state index in [0.717, 1.165) is 6.61 Å². The Morgan fingerprint density at radius 3 is 2.75 bits per heavy atom. The highest BCUT2D eigenvalue weighted by molar-refractivity contribution is 6.08. The van der Waals surface area contributed by atoms with Gasteiger partial charge >= 0.3 is 0 Å². The molecule has 2 nitrogen and oxygen atoms in total. The summed E-state index contributed by atoms with van der Waals surface area (Å²) in [6.07, 6.45) is 0.712. The van der Waals surface area contributed by atoms with E-state index in [1.165, 1.54) is 0 Å². The van der Waals surface area contributed by atoms with Crippen molar-refractivity contribution in [3.8, 4) is 0 Å². The Labute approximate surface area is 50.6 Å². The minimum Gasteiger partial charge on any atom is -0.376 e. The van der Waals surface area contributed by atoms with Crippen LogP contribution in [0.5, 0.6) is 0 Å². The summed E-state index contributed by atoms with van der Waals surface area (Å²) in [5.74, 6) is 0. The quantitative estimate of drug-likeness (QED) is 0.444. The van der Waals surface area contributed by atoms with Crippen molar-refractivity contribution in [2.45, 2.75) is 12.4 Å². The SMILES string of the molecule is [B]CC1COCCO1. The summed E-state index contributed by atoms with van der Waals surface area (Å²) in [7, 11) is 5.30. The van der Waals surface area contributed by atoms with Crippen LogP contribution in [0.1, 0.15) is 0 Å². The Morgan fingerprint density at radius 1 is 1.50 bits per heavy atom. The lowest BCUT2D eigenvalue weighted by Gasteiger charge is -2.21. The molecule has 1 rings (SSSR count). The van der Waals surface area contributed by atoms with E-state index < -0.39 is 0 Å². The molecule has 0 saturated carbocycles. The van der Waals surface area contributed by atoms with Crippen LogP contribution in [0.25, 0.3) is 0 Å². The molecular formula is C5H9BO2. The second-order valence-electron chi connectivity index (χ2n) is 1.80. The number of hydrogen-bond donors (Lipinski definition) is 0. The Bertz CT molecular complexity index is 61.4. The van der Waals surface area contributed by atoms with Crippen LogP contribution in [-0.4, -0.2) is 33.8 Å². The average molecular weight is 112 g/mol. The van der Waals surface area contributed by atoms with Gasteiger partial charge in [0, 0.05) is 0 Å². The van der Waals surface area contributed by atoms with Crippen molar-refractivity contribution in [2.24, 2.45) is 0 Å². The molecule has 0 spiro atoms. The van der Waals surface area contributed by atoms with Crippen molar-refractivity contribution in [1.82, 2.24) is 0 Å². The van der Waals surface area contributed by atoms with Gasteiger partial charge in [-0.3, -0.25) is 0 Å². The molecule has 0 amide bonds. The van der Waals surface area contributed by atoms with E-state index in [9.17, 15) is 0 Å². The minimum absolute atomic E-state index is 0.142. The average Bonchev–Trinajstić information content (AvgIpc) is 1.90. The summed E-state index contributed by atoms with van der Waals surface area (Å²) >= 11 is 0. The number of ether oxygens (including phenoxy) is 2. The van der Waals surface area contributed by atoms with Gasteiger partial charge in [0.05, 0.1) is 33.8 Å². The number of hydrogen-bond acceptors (Lipinski definition) is 2. The van der Waals surface area contributed by atoms with Gasteiger partial charge in [-0.05, 0) is 0 Å². The highest BCUT2D eigenvalue weighted by atomic mass is 16.6. The van der Waals surface area contributed by atoms with E-state index in [1.54, 1.807) is 0 Å². The molecule has 0 N–H and O–H groups in total. The molecule has 3 heteroatoms. The minimum atomic E-state index is 0.142. The Balaban J connectivity index is 2.13. The van der Waals surface area contributed by atoms with E-state index in [0.29, 0.717) is 19.5 Å². The zero-order valence-electron chi connectivity index (χ0n) is 4.80. The summed E-state index contributed by atoms with van der Waals surface area (Å²) in [5.41, 5.74) is 0. The van der Waals surface area contributed by atoms with Gasteiger partial charge in [-0.15, -0.1) is 0 Å². The van der Waals surface area contributed by atoms with Gasteiger partial charge in [0.15, 0.2) is 0 Å². The Kier molecular flexibility index (Phi) is 2.37. The van der Waals surface area contributed by atoms with Crippen molar-refractivity contribution in [3.63, 3.8) is 0 Å². The largest absolute Gasteiger partial charge is 0.376 e. The van der Waals surface area contributed by atoms with Crippen molar-refractivity contribution in [3.05, 3.63) is 0 Å². The van der Waals surface area contributed by atoms with Gasteiger partial charge in [-0.25, -0.2) is 0 Å². The van der Waals surface area contributed by atoms with Crippen LogP contribution < -0.4 is 0 Å². The summed E-state index contributed by atoms with van der Waals surface area (Å²) in [4.78, 5) is 0. The van der Waals surface area contributed by atoms with Crippen LogP contribution in [0, 0.1) is 0 Å². The Morgan fingerprint density at radius 2 is 2.38 bits per heavy atom. The molecule has 1 atom stereocenters. The van der Waals surface area contributed by atoms with Crippen LogP contribution in [0.3, 0.4) is 0 Å². The third-order valence-electron chi connectivity index (χ3n) is 1.15. The second-order valence-corrected chi connectivity index (χ2v) is 1.80. The van der Waals surface area contributed by atoms with Crippen LogP contribution in [0.4, 0.5) is 0 Å². The van der Waals surface area contributed by atoms with E-state index in [2.05, 4.69) is 0 Å². The molecule has 1 heterocycles.